The van der Waals surface area contributed by atoms with E-state index in [2.05, 4.69) is 4.98 Å². The molecule has 118 valence electrons. The Labute approximate surface area is 134 Å². The van der Waals surface area contributed by atoms with Gasteiger partial charge >= 0.3 is 5.97 Å². The molecule has 0 atom stereocenters. The Morgan fingerprint density at radius 3 is 2.82 bits per heavy atom. The van der Waals surface area contributed by atoms with E-state index in [4.69, 9.17) is 9.84 Å². The molecule has 0 saturated carbocycles. The average molecular weight is 320 g/mol. The Kier molecular flexibility index (Phi) is 5.38. The lowest BCUT2D eigenvalue weighted by atomic mass is 10.3. The van der Waals surface area contributed by atoms with Crippen LogP contribution in [0.2, 0.25) is 0 Å². The third kappa shape index (κ3) is 4.21. The first-order valence-corrected chi connectivity index (χ1v) is 7.89. The molecule has 0 unspecified atom stereocenters. The van der Waals surface area contributed by atoms with Gasteiger partial charge in [-0.3, -0.25) is 0 Å². The standard InChI is InChI=1S/C16H20N2O3S/c1-11-15(16(19)20)22-14(17-11)8-5-9-21-13-7-4-6-12(10-13)18(2)3/h4,6-7,10H,5,8-9H2,1-3H3,(H,19,20). The molecule has 6 heteroatoms. The third-order valence-electron chi connectivity index (χ3n) is 3.17. The van der Waals surface area contributed by atoms with Crippen LogP contribution < -0.4 is 9.64 Å². The van der Waals surface area contributed by atoms with Crippen LogP contribution in [0.1, 0.15) is 26.8 Å². The minimum atomic E-state index is -0.905. The molecule has 0 bridgehead atoms. The Morgan fingerprint density at radius 1 is 1.41 bits per heavy atom. The highest BCUT2D eigenvalue weighted by Crippen LogP contribution is 2.21. The number of ether oxygens (including phenoxy) is 1. The number of hydrogen-bond acceptors (Lipinski definition) is 5. The minimum Gasteiger partial charge on any atom is -0.494 e. The summed E-state index contributed by atoms with van der Waals surface area (Å²) in [5.41, 5.74) is 1.69. The van der Waals surface area contributed by atoms with Gasteiger partial charge in [-0.15, -0.1) is 11.3 Å². The Bertz CT molecular complexity index is 653. The summed E-state index contributed by atoms with van der Waals surface area (Å²) in [6, 6.07) is 7.92. The first-order chi connectivity index (χ1) is 10.5. The molecule has 0 aliphatic rings. The zero-order valence-electron chi connectivity index (χ0n) is 13.0. The molecule has 0 fully saturated rings. The van der Waals surface area contributed by atoms with Gasteiger partial charge in [0.1, 0.15) is 10.6 Å². The number of benzene rings is 1. The van der Waals surface area contributed by atoms with E-state index < -0.39 is 5.97 Å². The van der Waals surface area contributed by atoms with Gasteiger partial charge in [0.2, 0.25) is 0 Å². The molecule has 2 aromatic rings. The molecule has 0 amide bonds. The van der Waals surface area contributed by atoms with Crippen LogP contribution in [0.4, 0.5) is 5.69 Å². The number of carbonyl (C=O) groups is 1. The molecule has 5 nitrogen and oxygen atoms in total. The molecule has 22 heavy (non-hydrogen) atoms. The second-order valence-corrected chi connectivity index (χ2v) is 6.25. The van der Waals surface area contributed by atoms with Crippen molar-refractivity contribution in [1.29, 1.82) is 0 Å². The first kappa shape index (κ1) is 16.3. The van der Waals surface area contributed by atoms with E-state index >= 15 is 0 Å². The Balaban J connectivity index is 1.83. The van der Waals surface area contributed by atoms with Gasteiger partial charge in [0, 0.05) is 32.3 Å². The van der Waals surface area contributed by atoms with Crippen LogP contribution in [0.25, 0.3) is 0 Å². The van der Waals surface area contributed by atoms with E-state index in [9.17, 15) is 4.79 Å². The maximum atomic E-state index is 11.0. The second-order valence-electron chi connectivity index (χ2n) is 5.17. The normalized spacial score (nSPS) is 10.5. The lowest BCUT2D eigenvalue weighted by Crippen LogP contribution is -2.08. The predicted molar refractivity (Wildman–Crippen MR) is 88.4 cm³/mol. The fraction of sp³-hybridized carbons (Fsp3) is 0.375. The predicted octanol–water partition coefficient (Wildman–Crippen LogP) is 3.23. The number of anilines is 1. The number of rotatable bonds is 7. The van der Waals surface area contributed by atoms with Gasteiger partial charge in [0.15, 0.2) is 0 Å². The van der Waals surface area contributed by atoms with Crippen molar-refractivity contribution in [1.82, 2.24) is 4.98 Å². The zero-order valence-corrected chi connectivity index (χ0v) is 13.8. The van der Waals surface area contributed by atoms with Gasteiger partial charge in [-0.2, -0.15) is 0 Å². The third-order valence-corrected chi connectivity index (χ3v) is 4.38. The molecular weight excluding hydrogens is 300 g/mol. The summed E-state index contributed by atoms with van der Waals surface area (Å²) in [6.45, 7) is 2.31. The van der Waals surface area contributed by atoms with E-state index in [1.807, 2.05) is 43.3 Å². The summed E-state index contributed by atoms with van der Waals surface area (Å²) in [6.07, 6.45) is 1.53. The number of aromatic nitrogens is 1. The van der Waals surface area contributed by atoms with Crippen molar-refractivity contribution >= 4 is 23.0 Å². The highest BCUT2D eigenvalue weighted by Gasteiger charge is 2.13. The molecule has 0 radical (unpaired) electrons. The topological polar surface area (TPSA) is 62.7 Å². The number of carboxylic acid groups (broad SMARTS) is 1. The molecular formula is C16H20N2O3S. The van der Waals surface area contributed by atoms with Gasteiger partial charge in [-0.05, 0) is 25.5 Å². The summed E-state index contributed by atoms with van der Waals surface area (Å²) in [7, 11) is 3.98. The van der Waals surface area contributed by atoms with Crippen molar-refractivity contribution in [2.75, 3.05) is 25.6 Å². The maximum absolute atomic E-state index is 11.0. The monoisotopic (exact) mass is 320 g/mol. The maximum Gasteiger partial charge on any atom is 0.347 e. The van der Waals surface area contributed by atoms with E-state index in [1.165, 1.54) is 11.3 Å². The molecule has 0 aliphatic heterocycles. The number of carboxylic acids is 1. The van der Waals surface area contributed by atoms with Gasteiger partial charge in [-0.25, -0.2) is 9.78 Å². The van der Waals surface area contributed by atoms with E-state index in [0.717, 1.165) is 29.3 Å². The second kappa shape index (κ2) is 7.26. The highest BCUT2D eigenvalue weighted by molar-refractivity contribution is 7.13. The summed E-state index contributed by atoms with van der Waals surface area (Å²) >= 11 is 1.25. The number of aromatic carboxylic acids is 1. The van der Waals surface area contributed by atoms with Crippen LogP contribution in [-0.2, 0) is 6.42 Å². The lowest BCUT2D eigenvalue weighted by molar-refractivity contribution is 0.0701. The summed E-state index contributed by atoms with van der Waals surface area (Å²) in [5, 5.41) is 9.86. The van der Waals surface area contributed by atoms with E-state index in [1.54, 1.807) is 6.92 Å². The summed E-state index contributed by atoms with van der Waals surface area (Å²) in [4.78, 5) is 17.6. The van der Waals surface area contributed by atoms with Crippen molar-refractivity contribution < 1.29 is 14.6 Å². The molecule has 1 N–H and O–H groups in total. The molecule has 0 spiro atoms. The van der Waals surface area contributed by atoms with Crippen LogP contribution in [-0.4, -0.2) is 36.8 Å². The number of hydrogen-bond donors (Lipinski definition) is 1. The van der Waals surface area contributed by atoms with Gasteiger partial charge < -0.3 is 14.7 Å². The molecule has 1 heterocycles. The fourth-order valence-corrected chi connectivity index (χ4v) is 2.97. The van der Waals surface area contributed by atoms with Crippen molar-refractivity contribution in [2.45, 2.75) is 19.8 Å². The quantitative estimate of drug-likeness (QED) is 0.794. The van der Waals surface area contributed by atoms with Crippen molar-refractivity contribution in [2.24, 2.45) is 0 Å². The summed E-state index contributed by atoms with van der Waals surface area (Å²) in [5.74, 6) is -0.0641. The van der Waals surface area contributed by atoms with Crippen molar-refractivity contribution in [3.63, 3.8) is 0 Å². The van der Waals surface area contributed by atoms with Crippen molar-refractivity contribution in [3.05, 3.63) is 39.8 Å². The van der Waals surface area contributed by atoms with E-state index in [-0.39, 0.29) is 0 Å². The number of thiazole rings is 1. The number of nitrogens with zero attached hydrogens (tertiary/aromatic N) is 2. The molecule has 0 saturated heterocycles. The highest BCUT2D eigenvalue weighted by atomic mass is 32.1. The molecule has 1 aromatic carbocycles. The zero-order chi connectivity index (χ0) is 16.1. The van der Waals surface area contributed by atoms with Gasteiger partial charge in [-0.1, -0.05) is 6.07 Å². The van der Waals surface area contributed by atoms with Crippen molar-refractivity contribution in [3.8, 4) is 5.75 Å². The van der Waals surface area contributed by atoms with Crippen LogP contribution in [0.15, 0.2) is 24.3 Å². The average Bonchev–Trinajstić information content (AvgIpc) is 2.85. The number of aryl methyl sites for hydroxylation is 2. The van der Waals surface area contributed by atoms with Crippen LogP contribution in [0.3, 0.4) is 0 Å². The molecule has 2 rings (SSSR count). The Morgan fingerprint density at radius 2 is 2.18 bits per heavy atom. The van der Waals surface area contributed by atoms with Crippen LogP contribution in [0, 0.1) is 6.92 Å². The van der Waals surface area contributed by atoms with Gasteiger partial charge in [0.25, 0.3) is 0 Å². The van der Waals surface area contributed by atoms with Gasteiger partial charge in [0.05, 0.1) is 17.3 Å². The minimum absolute atomic E-state index is 0.328. The SMILES string of the molecule is Cc1nc(CCCOc2cccc(N(C)C)c2)sc1C(=O)O. The first-order valence-electron chi connectivity index (χ1n) is 7.07. The fourth-order valence-electron chi connectivity index (χ4n) is 2.02. The molecule has 1 aromatic heterocycles. The van der Waals surface area contributed by atoms with Crippen LogP contribution >= 0.6 is 11.3 Å². The summed E-state index contributed by atoms with van der Waals surface area (Å²) < 4.78 is 5.74. The smallest absolute Gasteiger partial charge is 0.347 e. The Hall–Kier alpha value is -2.08. The lowest BCUT2D eigenvalue weighted by Gasteiger charge is -2.13. The van der Waals surface area contributed by atoms with Crippen LogP contribution in [0.5, 0.6) is 5.75 Å². The molecule has 0 aliphatic carbocycles. The van der Waals surface area contributed by atoms with E-state index in [0.29, 0.717) is 17.2 Å². The largest absolute Gasteiger partial charge is 0.494 e.